The number of likely N-dealkylation sites (tertiary alicyclic amines) is 1. The number of nitro benzene ring substituents is 1. The van der Waals surface area contributed by atoms with Crippen molar-refractivity contribution in [2.24, 2.45) is 0 Å². The SMILES string of the molecule is CC(C)(C)OC(=O)N1CCC(=Cc2ccc([N+](=O)[O-])c(Cl)c2)CC1. The molecule has 1 aromatic carbocycles. The molecule has 1 amide bonds. The zero-order chi connectivity index (χ0) is 17.9. The highest BCUT2D eigenvalue weighted by Gasteiger charge is 2.24. The molecular formula is C17H21ClN2O4. The third-order valence-corrected chi connectivity index (χ3v) is 3.90. The quantitative estimate of drug-likeness (QED) is 0.573. The van der Waals surface area contributed by atoms with Crippen LogP contribution in [-0.2, 0) is 4.74 Å². The van der Waals surface area contributed by atoms with Crippen LogP contribution in [0.4, 0.5) is 10.5 Å². The Morgan fingerprint density at radius 1 is 1.33 bits per heavy atom. The number of benzene rings is 1. The molecule has 1 aliphatic rings. The van der Waals surface area contributed by atoms with Crippen LogP contribution in [0.1, 0.15) is 39.2 Å². The number of ether oxygens (including phenoxy) is 1. The fourth-order valence-corrected chi connectivity index (χ4v) is 2.70. The monoisotopic (exact) mass is 352 g/mol. The number of nitrogens with zero attached hydrogens (tertiary/aromatic N) is 2. The van der Waals surface area contributed by atoms with Gasteiger partial charge in [-0.1, -0.05) is 23.3 Å². The third kappa shape index (κ3) is 4.96. The van der Waals surface area contributed by atoms with E-state index in [1.54, 1.807) is 17.0 Å². The van der Waals surface area contributed by atoms with Crippen LogP contribution in [0, 0.1) is 10.1 Å². The maximum Gasteiger partial charge on any atom is 0.410 e. The number of hydrogen-bond donors (Lipinski definition) is 0. The topological polar surface area (TPSA) is 72.7 Å². The molecule has 6 nitrogen and oxygen atoms in total. The van der Waals surface area contributed by atoms with Gasteiger partial charge in [-0.05, 0) is 51.3 Å². The first-order valence-electron chi connectivity index (χ1n) is 7.77. The normalized spacial score (nSPS) is 15.2. The van der Waals surface area contributed by atoms with E-state index in [-0.39, 0.29) is 16.8 Å². The zero-order valence-corrected chi connectivity index (χ0v) is 14.8. The average molecular weight is 353 g/mol. The highest BCUT2D eigenvalue weighted by atomic mass is 35.5. The predicted octanol–water partition coefficient (Wildman–Crippen LogP) is 4.66. The number of nitro groups is 1. The van der Waals surface area contributed by atoms with Crippen molar-refractivity contribution >= 4 is 29.5 Å². The molecule has 0 radical (unpaired) electrons. The van der Waals surface area contributed by atoms with Gasteiger partial charge in [-0.25, -0.2) is 4.79 Å². The second-order valence-corrected chi connectivity index (χ2v) is 7.15. The molecule has 0 N–H and O–H groups in total. The zero-order valence-electron chi connectivity index (χ0n) is 14.0. The minimum Gasteiger partial charge on any atom is -0.444 e. The van der Waals surface area contributed by atoms with Crippen LogP contribution in [0.5, 0.6) is 0 Å². The Labute approximate surface area is 146 Å². The molecule has 1 fully saturated rings. The van der Waals surface area contributed by atoms with Gasteiger partial charge in [0, 0.05) is 19.2 Å². The summed E-state index contributed by atoms with van der Waals surface area (Å²) in [5.41, 5.74) is 1.41. The van der Waals surface area contributed by atoms with E-state index in [4.69, 9.17) is 16.3 Å². The molecule has 0 bridgehead atoms. The fraction of sp³-hybridized carbons (Fsp3) is 0.471. The Morgan fingerprint density at radius 2 is 1.96 bits per heavy atom. The molecule has 24 heavy (non-hydrogen) atoms. The Morgan fingerprint density at radius 3 is 2.46 bits per heavy atom. The van der Waals surface area contributed by atoms with Crippen LogP contribution in [0.25, 0.3) is 6.08 Å². The first-order valence-corrected chi connectivity index (χ1v) is 8.15. The molecule has 130 valence electrons. The fourth-order valence-electron chi connectivity index (χ4n) is 2.44. The van der Waals surface area contributed by atoms with Crippen molar-refractivity contribution in [1.29, 1.82) is 0 Å². The first kappa shape index (κ1) is 18.3. The number of halogens is 1. The van der Waals surface area contributed by atoms with Crippen molar-refractivity contribution < 1.29 is 14.5 Å². The maximum absolute atomic E-state index is 12.0. The minimum absolute atomic E-state index is 0.0986. The molecule has 7 heteroatoms. The van der Waals surface area contributed by atoms with E-state index in [0.717, 1.165) is 18.4 Å². The molecule has 1 aliphatic heterocycles. The lowest BCUT2D eigenvalue weighted by Crippen LogP contribution is -2.40. The molecule has 0 unspecified atom stereocenters. The van der Waals surface area contributed by atoms with Gasteiger partial charge >= 0.3 is 6.09 Å². The van der Waals surface area contributed by atoms with Gasteiger partial charge in [-0.3, -0.25) is 10.1 Å². The summed E-state index contributed by atoms with van der Waals surface area (Å²) >= 11 is 5.93. The van der Waals surface area contributed by atoms with Gasteiger partial charge in [0.15, 0.2) is 0 Å². The van der Waals surface area contributed by atoms with Crippen molar-refractivity contribution in [3.63, 3.8) is 0 Å². The van der Waals surface area contributed by atoms with E-state index < -0.39 is 10.5 Å². The lowest BCUT2D eigenvalue weighted by molar-refractivity contribution is -0.384. The summed E-state index contributed by atoms with van der Waals surface area (Å²) in [7, 11) is 0. The number of rotatable bonds is 2. The third-order valence-electron chi connectivity index (χ3n) is 3.60. The molecule has 0 spiro atoms. The standard InChI is InChI=1S/C17H21ClN2O4/c1-17(2,3)24-16(21)19-8-6-12(7-9-19)10-13-4-5-15(20(22)23)14(18)11-13/h4-5,10-11H,6-9H2,1-3H3. The highest BCUT2D eigenvalue weighted by Crippen LogP contribution is 2.27. The van der Waals surface area contributed by atoms with Gasteiger partial charge in [0.2, 0.25) is 0 Å². The van der Waals surface area contributed by atoms with Crippen molar-refractivity contribution in [2.75, 3.05) is 13.1 Å². The Hall–Kier alpha value is -2.08. The van der Waals surface area contributed by atoms with Crippen LogP contribution >= 0.6 is 11.6 Å². The second-order valence-electron chi connectivity index (χ2n) is 6.74. The van der Waals surface area contributed by atoms with E-state index >= 15 is 0 Å². The molecule has 1 saturated heterocycles. The molecular weight excluding hydrogens is 332 g/mol. The van der Waals surface area contributed by atoms with E-state index in [2.05, 4.69) is 0 Å². The van der Waals surface area contributed by atoms with E-state index in [1.807, 2.05) is 26.8 Å². The molecule has 0 aliphatic carbocycles. The largest absolute Gasteiger partial charge is 0.444 e. The smallest absolute Gasteiger partial charge is 0.410 e. The van der Waals surface area contributed by atoms with Gasteiger partial charge < -0.3 is 9.64 Å². The van der Waals surface area contributed by atoms with Crippen molar-refractivity contribution in [3.05, 3.63) is 44.5 Å². The highest BCUT2D eigenvalue weighted by molar-refractivity contribution is 6.32. The summed E-state index contributed by atoms with van der Waals surface area (Å²) in [6.45, 7) is 6.73. The van der Waals surface area contributed by atoms with Crippen molar-refractivity contribution in [2.45, 2.75) is 39.2 Å². The Bertz CT molecular complexity index is 670. The number of amides is 1. The first-order chi connectivity index (χ1) is 11.2. The number of hydrogen-bond acceptors (Lipinski definition) is 4. The Balaban J connectivity index is 1.99. The van der Waals surface area contributed by atoms with Gasteiger partial charge in [0.1, 0.15) is 10.6 Å². The van der Waals surface area contributed by atoms with Crippen LogP contribution in [-0.4, -0.2) is 34.6 Å². The van der Waals surface area contributed by atoms with Gasteiger partial charge in [0.25, 0.3) is 5.69 Å². The Kier molecular flexibility index (Phi) is 5.49. The van der Waals surface area contributed by atoms with E-state index in [9.17, 15) is 14.9 Å². The maximum atomic E-state index is 12.0. The van der Waals surface area contributed by atoms with Crippen LogP contribution < -0.4 is 0 Å². The molecule has 1 heterocycles. The minimum atomic E-state index is -0.501. The average Bonchev–Trinajstić information content (AvgIpc) is 2.45. The second kappa shape index (κ2) is 7.21. The van der Waals surface area contributed by atoms with E-state index in [0.29, 0.717) is 13.1 Å². The summed E-state index contributed by atoms with van der Waals surface area (Å²) in [5, 5.41) is 10.9. The van der Waals surface area contributed by atoms with Gasteiger partial charge in [-0.15, -0.1) is 0 Å². The molecule has 1 aromatic rings. The number of carbonyl (C=O) groups excluding carboxylic acids is 1. The summed E-state index contributed by atoms with van der Waals surface area (Å²) < 4.78 is 5.37. The van der Waals surface area contributed by atoms with Crippen LogP contribution in [0.2, 0.25) is 5.02 Å². The summed E-state index contributed by atoms with van der Waals surface area (Å²) in [6, 6.07) is 4.68. The van der Waals surface area contributed by atoms with Crippen molar-refractivity contribution in [3.8, 4) is 0 Å². The lowest BCUT2D eigenvalue weighted by Gasteiger charge is -2.31. The number of carbonyl (C=O) groups is 1. The lowest BCUT2D eigenvalue weighted by atomic mass is 10.0. The van der Waals surface area contributed by atoms with Gasteiger partial charge in [-0.2, -0.15) is 0 Å². The summed E-state index contributed by atoms with van der Waals surface area (Å²) in [4.78, 5) is 24.0. The summed E-state index contributed by atoms with van der Waals surface area (Å²) in [6.07, 6.45) is 3.17. The van der Waals surface area contributed by atoms with E-state index in [1.165, 1.54) is 11.6 Å². The van der Waals surface area contributed by atoms with Crippen molar-refractivity contribution in [1.82, 2.24) is 4.90 Å². The van der Waals surface area contributed by atoms with Gasteiger partial charge in [0.05, 0.1) is 4.92 Å². The van der Waals surface area contributed by atoms with Crippen LogP contribution in [0.15, 0.2) is 23.8 Å². The predicted molar refractivity (Wildman–Crippen MR) is 93.1 cm³/mol. The molecule has 0 atom stereocenters. The molecule has 0 saturated carbocycles. The van der Waals surface area contributed by atoms with Crippen LogP contribution in [0.3, 0.4) is 0 Å². The summed E-state index contributed by atoms with van der Waals surface area (Å²) in [5.74, 6) is 0. The molecule has 0 aromatic heterocycles. The number of piperidine rings is 1. The molecule has 2 rings (SSSR count).